The summed E-state index contributed by atoms with van der Waals surface area (Å²) in [6.07, 6.45) is 0. The number of rotatable bonds is 5. The fraction of sp³-hybridized carbons (Fsp3) is 0.250. The summed E-state index contributed by atoms with van der Waals surface area (Å²) in [6.45, 7) is 1.77. The van der Waals surface area contributed by atoms with E-state index in [4.69, 9.17) is 9.57 Å². The average molecular weight is 286 g/mol. The van der Waals surface area contributed by atoms with Crippen LogP contribution in [0, 0.1) is 0 Å². The van der Waals surface area contributed by atoms with Gasteiger partial charge in [0.25, 0.3) is 0 Å². The number of methoxy groups -OCH3 is 1. The first kappa shape index (κ1) is 14.8. The molecule has 0 saturated heterocycles. The molecule has 5 nitrogen and oxygen atoms in total. The van der Waals surface area contributed by atoms with Crippen molar-refractivity contribution >= 4 is 22.4 Å². The molecule has 110 valence electrons. The van der Waals surface area contributed by atoms with Crippen LogP contribution in [0.5, 0.6) is 5.75 Å². The highest BCUT2D eigenvalue weighted by atomic mass is 16.6. The van der Waals surface area contributed by atoms with Crippen LogP contribution in [-0.4, -0.2) is 32.4 Å². The molecule has 0 fully saturated rings. The number of oxime groups is 1. The smallest absolute Gasteiger partial charge is 0.217 e. The van der Waals surface area contributed by atoms with E-state index in [2.05, 4.69) is 10.5 Å². The standard InChI is InChI=1S/C16H18N2O3/c1-11(19)17-10-16(18-21-3)14-6-4-5-12-7-8-13(20-2)9-15(12)14/h4-9H,10H2,1-3H3,(H,17,19)/b18-16-. The van der Waals surface area contributed by atoms with E-state index < -0.39 is 0 Å². The minimum atomic E-state index is -0.114. The Morgan fingerprint density at radius 1 is 1.24 bits per heavy atom. The molecule has 21 heavy (non-hydrogen) atoms. The van der Waals surface area contributed by atoms with E-state index in [1.54, 1.807) is 7.11 Å². The van der Waals surface area contributed by atoms with Crippen LogP contribution < -0.4 is 10.1 Å². The van der Waals surface area contributed by atoms with Gasteiger partial charge in [-0.05, 0) is 22.9 Å². The van der Waals surface area contributed by atoms with E-state index in [9.17, 15) is 4.79 Å². The van der Waals surface area contributed by atoms with Gasteiger partial charge < -0.3 is 14.9 Å². The number of fused-ring (bicyclic) bond motifs is 1. The number of nitrogens with one attached hydrogen (secondary N) is 1. The fourth-order valence-corrected chi connectivity index (χ4v) is 2.13. The summed E-state index contributed by atoms with van der Waals surface area (Å²) in [5.74, 6) is 0.655. The Morgan fingerprint density at radius 3 is 2.71 bits per heavy atom. The maximum atomic E-state index is 11.1. The fourth-order valence-electron chi connectivity index (χ4n) is 2.13. The molecular weight excluding hydrogens is 268 g/mol. The molecule has 1 N–H and O–H groups in total. The number of amides is 1. The zero-order chi connectivity index (χ0) is 15.2. The highest BCUT2D eigenvalue weighted by Gasteiger charge is 2.10. The van der Waals surface area contributed by atoms with Gasteiger partial charge in [0.2, 0.25) is 5.91 Å². The Morgan fingerprint density at radius 2 is 2.05 bits per heavy atom. The second-order valence-corrected chi connectivity index (χ2v) is 4.52. The Kier molecular flexibility index (Phi) is 4.77. The highest BCUT2D eigenvalue weighted by Crippen LogP contribution is 2.24. The van der Waals surface area contributed by atoms with Crippen molar-refractivity contribution in [2.45, 2.75) is 6.92 Å². The second kappa shape index (κ2) is 6.74. The molecule has 2 aromatic carbocycles. The van der Waals surface area contributed by atoms with Gasteiger partial charge in [0.05, 0.1) is 13.7 Å². The lowest BCUT2D eigenvalue weighted by atomic mass is 10.0. The molecule has 0 saturated carbocycles. The average Bonchev–Trinajstić information content (AvgIpc) is 2.50. The third kappa shape index (κ3) is 3.51. The summed E-state index contributed by atoms with van der Waals surface area (Å²) in [5, 5.41) is 8.84. The maximum Gasteiger partial charge on any atom is 0.217 e. The monoisotopic (exact) mass is 286 g/mol. The topological polar surface area (TPSA) is 59.9 Å². The second-order valence-electron chi connectivity index (χ2n) is 4.52. The van der Waals surface area contributed by atoms with Gasteiger partial charge in [-0.25, -0.2) is 0 Å². The third-order valence-electron chi connectivity index (χ3n) is 3.11. The van der Waals surface area contributed by atoms with Crippen LogP contribution in [-0.2, 0) is 9.63 Å². The molecule has 0 radical (unpaired) electrons. The molecule has 0 spiro atoms. The molecule has 2 aromatic rings. The number of nitrogens with zero attached hydrogens (tertiary/aromatic N) is 1. The van der Waals surface area contributed by atoms with Gasteiger partial charge in [0.15, 0.2) is 0 Å². The van der Waals surface area contributed by atoms with Crippen LogP contribution in [0.1, 0.15) is 12.5 Å². The lowest BCUT2D eigenvalue weighted by Gasteiger charge is -2.11. The van der Waals surface area contributed by atoms with Crippen molar-refractivity contribution in [1.29, 1.82) is 0 Å². The van der Waals surface area contributed by atoms with Crippen molar-refractivity contribution in [2.24, 2.45) is 5.16 Å². The van der Waals surface area contributed by atoms with Crippen molar-refractivity contribution in [2.75, 3.05) is 20.8 Å². The summed E-state index contributed by atoms with van der Waals surface area (Å²) in [5.41, 5.74) is 1.56. The van der Waals surface area contributed by atoms with Gasteiger partial charge in [-0.3, -0.25) is 4.79 Å². The lowest BCUT2D eigenvalue weighted by Crippen LogP contribution is -2.28. The summed E-state index contributed by atoms with van der Waals surface area (Å²) >= 11 is 0. The predicted octanol–water partition coefficient (Wildman–Crippen LogP) is 2.33. The Balaban J connectivity index is 2.51. The molecule has 0 heterocycles. The zero-order valence-corrected chi connectivity index (χ0v) is 12.3. The van der Waals surface area contributed by atoms with Gasteiger partial charge in [-0.15, -0.1) is 0 Å². The highest BCUT2D eigenvalue weighted by molar-refractivity contribution is 6.12. The number of benzene rings is 2. The summed E-state index contributed by atoms with van der Waals surface area (Å²) < 4.78 is 5.27. The largest absolute Gasteiger partial charge is 0.497 e. The number of hydrogen-bond acceptors (Lipinski definition) is 4. The molecule has 2 rings (SSSR count). The van der Waals surface area contributed by atoms with Gasteiger partial charge in [0.1, 0.15) is 18.6 Å². The van der Waals surface area contributed by atoms with Crippen molar-refractivity contribution in [3.05, 3.63) is 42.0 Å². The minimum absolute atomic E-state index is 0.114. The molecule has 0 unspecified atom stereocenters. The third-order valence-corrected chi connectivity index (χ3v) is 3.11. The van der Waals surface area contributed by atoms with Gasteiger partial charge in [-0.1, -0.05) is 29.4 Å². The molecule has 0 aromatic heterocycles. The molecular formula is C16H18N2O3. The quantitative estimate of drug-likeness (QED) is 0.678. The first-order valence-corrected chi connectivity index (χ1v) is 6.57. The molecule has 0 aliphatic rings. The van der Waals surface area contributed by atoms with E-state index in [1.807, 2.05) is 36.4 Å². The number of carbonyl (C=O) groups is 1. The van der Waals surface area contributed by atoms with Gasteiger partial charge in [-0.2, -0.15) is 0 Å². The SMILES string of the molecule is CO/N=C(/CNC(C)=O)c1cccc2ccc(OC)cc12. The Hall–Kier alpha value is -2.56. The Bertz CT molecular complexity index is 680. The maximum absolute atomic E-state index is 11.1. The molecule has 0 bridgehead atoms. The van der Waals surface area contributed by atoms with E-state index in [0.29, 0.717) is 12.3 Å². The predicted molar refractivity (Wildman–Crippen MR) is 82.7 cm³/mol. The van der Waals surface area contributed by atoms with Crippen molar-refractivity contribution in [1.82, 2.24) is 5.32 Å². The van der Waals surface area contributed by atoms with Crippen molar-refractivity contribution in [3.63, 3.8) is 0 Å². The van der Waals surface area contributed by atoms with Crippen molar-refractivity contribution < 1.29 is 14.4 Å². The number of hydrogen-bond donors (Lipinski definition) is 1. The molecule has 1 amide bonds. The Labute approximate surface area is 123 Å². The summed E-state index contributed by atoms with van der Waals surface area (Å²) in [7, 11) is 3.12. The van der Waals surface area contributed by atoms with E-state index in [-0.39, 0.29) is 5.91 Å². The van der Waals surface area contributed by atoms with E-state index in [1.165, 1.54) is 14.0 Å². The van der Waals surface area contributed by atoms with Gasteiger partial charge in [0, 0.05) is 12.5 Å². The lowest BCUT2D eigenvalue weighted by molar-refractivity contribution is -0.118. The van der Waals surface area contributed by atoms with Crippen LogP contribution >= 0.6 is 0 Å². The summed E-state index contributed by atoms with van der Waals surface area (Å²) in [4.78, 5) is 16.0. The van der Waals surface area contributed by atoms with E-state index >= 15 is 0 Å². The first-order chi connectivity index (χ1) is 10.2. The molecule has 5 heteroatoms. The normalized spacial score (nSPS) is 11.3. The molecule has 0 aliphatic heterocycles. The van der Waals surface area contributed by atoms with Crippen LogP contribution in [0.4, 0.5) is 0 Å². The molecule has 0 aliphatic carbocycles. The molecule has 0 atom stereocenters. The number of ether oxygens (including phenoxy) is 1. The van der Waals surface area contributed by atoms with Crippen LogP contribution in [0.2, 0.25) is 0 Å². The van der Waals surface area contributed by atoms with Gasteiger partial charge >= 0.3 is 0 Å². The zero-order valence-electron chi connectivity index (χ0n) is 12.3. The van der Waals surface area contributed by atoms with Crippen LogP contribution in [0.25, 0.3) is 10.8 Å². The minimum Gasteiger partial charge on any atom is -0.497 e. The number of carbonyl (C=O) groups excluding carboxylic acids is 1. The van der Waals surface area contributed by atoms with Crippen LogP contribution in [0.3, 0.4) is 0 Å². The van der Waals surface area contributed by atoms with Crippen molar-refractivity contribution in [3.8, 4) is 5.75 Å². The van der Waals surface area contributed by atoms with Crippen LogP contribution in [0.15, 0.2) is 41.6 Å². The summed E-state index contributed by atoms with van der Waals surface area (Å²) in [6, 6.07) is 11.8. The first-order valence-electron chi connectivity index (χ1n) is 6.57. The van der Waals surface area contributed by atoms with E-state index in [0.717, 1.165) is 22.1 Å².